The van der Waals surface area contributed by atoms with Gasteiger partial charge in [-0.15, -0.1) is 0 Å². The fraction of sp³-hybridized carbons (Fsp3) is 0.316. The van der Waals surface area contributed by atoms with E-state index in [9.17, 15) is 23.1 Å². The van der Waals surface area contributed by atoms with E-state index in [0.717, 1.165) is 11.6 Å². The van der Waals surface area contributed by atoms with Crippen molar-refractivity contribution in [1.29, 1.82) is 0 Å². The maximum absolute atomic E-state index is 13.0. The minimum Gasteiger partial charge on any atom is -0.465 e. The summed E-state index contributed by atoms with van der Waals surface area (Å²) in [5, 5.41) is 24.3. The van der Waals surface area contributed by atoms with Crippen molar-refractivity contribution in [2.24, 2.45) is 0 Å². The number of aliphatic hydroxyl groups is 1. The molecule has 2 aromatic rings. The summed E-state index contributed by atoms with van der Waals surface area (Å²) >= 11 is 0. The van der Waals surface area contributed by atoms with E-state index in [4.69, 9.17) is 5.11 Å². The maximum Gasteiger partial charge on any atom is 0.416 e. The van der Waals surface area contributed by atoms with Gasteiger partial charge < -0.3 is 20.8 Å². The summed E-state index contributed by atoms with van der Waals surface area (Å²) in [6.07, 6.45) is -6.59. The lowest BCUT2D eigenvalue weighted by Crippen LogP contribution is -2.48. The third kappa shape index (κ3) is 6.58. The Morgan fingerprint density at radius 3 is 2.30 bits per heavy atom. The molecule has 0 saturated heterocycles. The molecule has 0 bridgehead atoms. The minimum atomic E-state index is -4.46. The van der Waals surface area contributed by atoms with Crippen molar-refractivity contribution in [3.05, 3.63) is 71.3 Å². The number of rotatable bonds is 8. The maximum atomic E-state index is 13.0. The molecule has 5 nitrogen and oxygen atoms in total. The highest BCUT2D eigenvalue weighted by Crippen LogP contribution is 2.31. The van der Waals surface area contributed by atoms with Crippen LogP contribution in [-0.4, -0.2) is 35.0 Å². The summed E-state index contributed by atoms with van der Waals surface area (Å²) in [6.45, 7) is -0.165. The summed E-state index contributed by atoms with van der Waals surface area (Å²) in [7, 11) is 0. The quantitative estimate of drug-likeness (QED) is 0.566. The highest BCUT2D eigenvalue weighted by Gasteiger charge is 2.32. The lowest BCUT2D eigenvalue weighted by Gasteiger charge is -2.24. The van der Waals surface area contributed by atoms with E-state index in [1.807, 2.05) is 6.07 Å². The number of benzene rings is 2. The first kappa shape index (κ1) is 20.7. The van der Waals surface area contributed by atoms with Crippen molar-refractivity contribution in [1.82, 2.24) is 10.6 Å². The lowest BCUT2D eigenvalue weighted by molar-refractivity contribution is -0.138. The van der Waals surface area contributed by atoms with Crippen LogP contribution in [0, 0.1) is 0 Å². The van der Waals surface area contributed by atoms with Crippen molar-refractivity contribution in [2.75, 3.05) is 6.54 Å². The van der Waals surface area contributed by atoms with Crippen LogP contribution in [-0.2, 0) is 19.1 Å². The SMILES string of the molecule is O=C(O)N[C@@H](Cc1ccccc1)[C@@H](O)CNCc1ccccc1C(F)(F)F. The second-order valence-corrected chi connectivity index (χ2v) is 6.10. The van der Waals surface area contributed by atoms with E-state index in [2.05, 4.69) is 10.6 Å². The van der Waals surface area contributed by atoms with E-state index < -0.39 is 30.0 Å². The topological polar surface area (TPSA) is 81.6 Å². The number of halogens is 3. The van der Waals surface area contributed by atoms with Crippen LogP contribution in [0.2, 0.25) is 0 Å². The first-order chi connectivity index (χ1) is 12.8. The molecule has 4 N–H and O–H groups in total. The molecule has 0 fully saturated rings. The number of amides is 1. The van der Waals surface area contributed by atoms with Crippen LogP contribution in [0.1, 0.15) is 16.7 Å². The first-order valence-electron chi connectivity index (χ1n) is 8.34. The number of aliphatic hydroxyl groups excluding tert-OH is 1. The molecule has 8 heteroatoms. The Morgan fingerprint density at radius 1 is 1.04 bits per heavy atom. The number of hydrogen-bond donors (Lipinski definition) is 4. The van der Waals surface area contributed by atoms with Crippen LogP contribution in [0.3, 0.4) is 0 Å². The van der Waals surface area contributed by atoms with Gasteiger partial charge in [-0.3, -0.25) is 0 Å². The van der Waals surface area contributed by atoms with E-state index in [0.29, 0.717) is 0 Å². The summed E-state index contributed by atoms with van der Waals surface area (Å²) in [5.74, 6) is 0. The molecular weight excluding hydrogens is 361 g/mol. The van der Waals surface area contributed by atoms with E-state index in [1.54, 1.807) is 24.3 Å². The average molecular weight is 382 g/mol. The van der Waals surface area contributed by atoms with E-state index in [1.165, 1.54) is 18.2 Å². The van der Waals surface area contributed by atoms with Crippen molar-refractivity contribution in [3.8, 4) is 0 Å². The molecule has 2 aromatic carbocycles. The Balaban J connectivity index is 1.97. The predicted octanol–water partition coefficient (Wildman–Crippen LogP) is 3.03. The van der Waals surface area contributed by atoms with Crippen LogP contribution in [0.5, 0.6) is 0 Å². The van der Waals surface area contributed by atoms with Gasteiger partial charge >= 0.3 is 12.3 Å². The van der Waals surface area contributed by atoms with Crippen LogP contribution < -0.4 is 10.6 Å². The van der Waals surface area contributed by atoms with Gasteiger partial charge in [-0.25, -0.2) is 4.79 Å². The smallest absolute Gasteiger partial charge is 0.416 e. The average Bonchev–Trinajstić information content (AvgIpc) is 2.61. The van der Waals surface area contributed by atoms with Gasteiger partial charge in [-0.1, -0.05) is 48.5 Å². The number of carboxylic acid groups (broad SMARTS) is 1. The molecule has 0 radical (unpaired) electrons. The van der Waals surface area contributed by atoms with Crippen LogP contribution >= 0.6 is 0 Å². The Labute approximate surface area is 154 Å². The van der Waals surface area contributed by atoms with Crippen molar-refractivity contribution >= 4 is 6.09 Å². The molecule has 27 heavy (non-hydrogen) atoms. The molecule has 0 aliphatic heterocycles. The van der Waals surface area contributed by atoms with Gasteiger partial charge in [0.25, 0.3) is 0 Å². The fourth-order valence-corrected chi connectivity index (χ4v) is 2.76. The number of alkyl halides is 3. The van der Waals surface area contributed by atoms with Crippen molar-refractivity contribution in [3.63, 3.8) is 0 Å². The highest BCUT2D eigenvalue weighted by molar-refractivity contribution is 5.65. The zero-order valence-corrected chi connectivity index (χ0v) is 14.4. The molecule has 0 aliphatic carbocycles. The van der Waals surface area contributed by atoms with Crippen molar-refractivity contribution in [2.45, 2.75) is 31.3 Å². The Morgan fingerprint density at radius 2 is 1.67 bits per heavy atom. The molecule has 0 spiro atoms. The standard InChI is InChI=1S/C19H21F3N2O3/c20-19(21,22)15-9-5-4-8-14(15)11-23-12-17(25)16(24-18(26)27)10-13-6-2-1-3-7-13/h1-9,16-17,23-25H,10-12H2,(H,26,27)/t16-,17-/m0/s1. The van der Waals surface area contributed by atoms with Gasteiger partial charge in [-0.2, -0.15) is 13.2 Å². The van der Waals surface area contributed by atoms with Crippen LogP contribution in [0.4, 0.5) is 18.0 Å². The molecule has 0 aromatic heterocycles. The monoisotopic (exact) mass is 382 g/mol. The van der Waals surface area contributed by atoms with Crippen molar-refractivity contribution < 1.29 is 28.2 Å². The molecule has 0 unspecified atom stereocenters. The highest BCUT2D eigenvalue weighted by atomic mass is 19.4. The molecular formula is C19H21F3N2O3. The minimum absolute atomic E-state index is 0.0583. The first-order valence-corrected chi connectivity index (χ1v) is 8.34. The van der Waals surface area contributed by atoms with Gasteiger partial charge in [0.2, 0.25) is 0 Å². The van der Waals surface area contributed by atoms with Gasteiger partial charge in [0.05, 0.1) is 17.7 Å². The summed E-state index contributed by atoms with van der Waals surface area (Å²) in [6, 6.07) is 13.4. The van der Waals surface area contributed by atoms with Gasteiger partial charge in [-0.05, 0) is 23.6 Å². The molecule has 1 amide bonds. The summed E-state index contributed by atoms with van der Waals surface area (Å²) in [5.41, 5.74) is 0.150. The molecule has 0 saturated carbocycles. The van der Waals surface area contributed by atoms with Gasteiger partial charge in [0, 0.05) is 13.1 Å². The third-order valence-electron chi connectivity index (χ3n) is 4.06. The zero-order chi connectivity index (χ0) is 19.9. The van der Waals surface area contributed by atoms with Crippen LogP contribution in [0.15, 0.2) is 54.6 Å². The summed E-state index contributed by atoms with van der Waals surface area (Å²) < 4.78 is 39.0. The molecule has 146 valence electrons. The second-order valence-electron chi connectivity index (χ2n) is 6.10. The Bertz CT molecular complexity index is 738. The van der Waals surface area contributed by atoms with Gasteiger partial charge in [0.15, 0.2) is 0 Å². The Hall–Kier alpha value is -2.58. The molecule has 0 heterocycles. The fourth-order valence-electron chi connectivity index (χ4n) is 2.76. The summed E-state index contributed by atoms with van der Waals surface area (Å²) in [4.78, 5) is 11.0. The molecule has 2 atom stereocenters. The predicted molar refractivity (Wildman–Crippen MR) is 94.3 cm³/mol. The van der Waals surface area contributed by atoms with E-state index >= 15 is 0 Å². The largest absolute Gasteiger partial charge is 0.465 e. The normalized spacial score (nSPS) is 13.8. The lowest BCUT2D eigenvalue weighted by atomic mass is 10.0. The zero-order valence-electron chi connectivity index (χ0n) is 14.4. The third-order valence-corrected chi connectivity index (χ3v) is 4.06. The second kappa shape index (κ2) is 9.38. The van der Waals surface area contributed by atoms with Crippen LogP contribution in [0.25, 0.3) is 0 Å². The number of hydrogen-bond acceptors (Lipinski definition) is 3. The number of nitrogens with one attached hydrogen (secondary N) is 2. The molecule has 0 aliphatic rings. The Kier molecular flexibility index (Phi) is 7.20. The number of carbonyl (C=O) groups is 1. The van der Waals surface area contributed by atoms with Gasteiger partial charge in [0.1, 0.15) is 0 Å². The molecule has 2 rings (SSSR count). The van der Waals surface area contributed by atoms with E-state index in [-0.39, 0.29) is 25.1 Å².